The molecule has 2 fully saturated rings. The van der Waals surface area contributed by atoms with Crippen LogP contribution in [-0.2, 0) is 14.8 Å². The fourth-order valence-electron chi connectivity index (χ4n) is 4.58. The van der Waals surface area contributed by atoms with Crippen LogP contribution in [0.4, 0.5) is 13.2 Å². The van der Waals surface area contributed by atoms with E-state index in [4.69, 9.17) is 4.74 Å². The summed E-state index contributed by atoms with van der Waals surface area (Å²) in [5, 5.41) is 0. The van der Waals surface area contributed by atoms with Crippen LogP contribution < -0.4 is 0 Å². The molecular formula is C23H29F3N2O3S. The van der Waals surface area contributed by atoms with Crippen LogP contribution in [0.2, 0.25) is 0 Å². The molecule has 3 aliphatic rings. The Balaban J connectivity index is 1.37. The number of nitrogens with zero attached hydrogens (tertiary/aromatic N) is 2. The van der Waals surface area contributed by atoms with E-state index in [1.54, 1.807) is 40.7 Å². The Morgan fingerprint density at radius 3 is 2.22 bits per heavy atom. The van der Waals surface area contributed by atoms with Gasteiger partial charge in [0.05, 0.1) is 4.90 Å². The van der Waals surface area contributed by atoms with E-state index >= 15 is 0 Å². The van der Waals surface area contributed by atoms with Crippen LogP contribution in [-0.4, -0.2) is 68.2 Å². The van der Waals surface area contributed by atoms with Gasteiger partial charge in [-0.15, -0.1) is 0 Å². The highest BCUT2D eigenvalue weighted by Gasteiger charge is 2.53. The minimum absolute atomic E-state index is 0.0498. The van der Waals surface area contributed by atoms with Crippen molar-refractivity contribution in [3.05, 3.63) is 54.1 Å². The summed E-state index contributed by atoms with van der Waals surface area (Å²) in [7, 11) is -2.46. The molecule has 0 spiro atoms. The van der Waals surface area contributed by atoms with Gasteiger partial charge in [0.15, 0.2) is 5.60 Å². The predicted octanol–water partition coefficient (Wildman–Crippen LogP) is 4.14. The molecule has 0 bridgehead atoms. The number of benzene rings is 1. The molecule has 9 heteroatoms. The number of halogens is 3. The van der Waals surface area contributed by atoms with Crippen LogP contribution >= 0.6 is 0 Å². The second kappa shape index (κ2) is 8.93. The first-order valence-electron chi connectivity index (χ1n) is 11.0. The van der Waals surface area contributed by atoms with Crippen molar-refractivity contribution in [2.45, 2.75) is 60.9 Å². The van der Waals surface area contributed by atoms with Crippen LogP contribution in [0.5, 0.6) is 0 Å². The van der Waals surface area contributed by atoms with E-state index in [0.717, 1.165) is 31.6 Å². The van der Waals surface area contributed by atoms with Gasteiger partial charge in [0, 0.05) is 45.2 Å². The number of ether oxygens (including phenoxy) is 1. The molecule has 5 nitrogen and oxygen atoms in total. The van der Waals surface area contributed by atoms with Gasteiger partial charge in [-0.2, -0.15) is 17.5 Å². The van der Waals surface area contributed by atoms with Crippen molar-refractivity contribution < 1.29 is 26.3 Å². The molecule has 1 saturated carbocycles. The van der Waals surface area contributed by atoms with Crippen molar-refractivity contribution in [2.24, 2.45) is 0 Å². The zero-order valence-corrected chi connectivity index (χ0v) is 18.9. The lowest BCUT2D eigenvalue weighted by molar-refractivity contribution is -0.248. The Morgan fingerprint density at radius 1 is 1.09 bits per heavy atom. The van der Waals surface area contributed by atoms with Crippen molar-refractivity contribution >= 4 is 10.0 Å². The van der Waals surface area contributed by atoms with Gasteiger partial charge in [-0.3, -0.25) is 4.90 Å². The quantitative estimate of drug-likeness (QED) is 0.601. The summed E-state index contributed by atoms with van der Waals surface area (Å²) in [4.78, 5) is 2.51. The van der Waals surface area contributed by atoms with Gasteiger partial charge < -0.3 is 4.74 Å². The predicted molar refractivity (Wildman–Crippen MR) is 116 cm³/mol. The molecule has 0 radical (unpaired) electrons. The number of piperidine rings is 1. The van der Waals surface area contributed by atoms with E-state index in [1.165, 1.54) is 6.08 Å². The minimum Gasteiger partial charge on any atom is -0.364 e. The molecule has 1 aliphatic heterocycles. The van der Waals surface area contributed by atoms with E-state index in [-0.39, 0.29) is 18.5 Å². The third-order valence-electron chi connectivity index (χ3n) is 6.63. The van der Waals surface area contributed by atoms with Crippen LogP contribution in [0.1, 0.15) is 32.1 Å². The van der Waals surface area contributed by atoms with Crippen LogP contribution in [0.3, 0.4) is 0 Å². The first kappa shape index (κ1) is 23.5. The molecule has 4 rings (SSSR count). The smallest absolute Gasteiger partial charge is 0.364 e. The van der Waals surface area contributed by atoms with Gasteiger partial charge in [0.2, 0.25) is 10.0 Å². The number of likely N-dealkylation sites (tertiary alicyclic amines) is 1. The number of methoxy groups -OCH3 is 1. The maximum atomic E-state index is 13.3. The molecule has 1 heterocycles. The van der Waals surface area contributed by atoms with Gasteiger partial charge in [0.1, 0.15) is 0 Å². The summed E-state index contributed by atoms with van der Waals surface area (Å²) in [6.45, 7) is 1.96. The molecule has 1 saturated heterocycles. The second-order valence-corrected chi connectivity index (χ2v) is 10.6. The highest BCUT2D eigenvalue weighted by molar-refractivity contribution is 7.89. The molecular weight excluding hydrogens is 441 g/mol. The van der Waals surface area contributed by atoms with Crippen LogP contribution in [0.15, 0.2) is 59.0 Å². The number of hydrogen-bond donors (Lipinski definition) is 0. The Kier molecular flexibility index (Phi) is 6.55. The average molecular weight is 471 g/mol. The third-order valence-corrected chi connectivity index (χ3v) is 8.65. The molecule has 0 N–H and O–H groups in total. The van der Waals surface area contributed by atoms with Gasteiger partial charge in [0.25, 0.3) is 0 Å². The largest absolute Gasteiger partial charge is 0.421 e. The fraction of sp³-hybridized carbons (Fsp3) is 0.565. The Hall–Kier alpha value is -1.68. The highest BCUT2D eigenvalue weighted by atomic mass is 32.2. The maximum absolute atomic E-state index is 13.3. The lowest BCUT2D eigenvalue weighted by Gasteiger charge is -2.38. The number of sulfonamides is 1. The topological polar surface area (TPSA) is 49.9 Å². The number of rotatable bonds is 7. The lowest BCUT2D eigenvalue weighted by Crippen LogP contribution is -2.49. The number of hydrogen-bond acceptors (Lipinski definition) is 4. The van der Waals surface area contributed by atoms with E-state index < -0.39 is 21.8 Å². The summed E-state index contributed by atoms with van der Waals surface area (Å²) < 4.78 is 73.0. The molecule has 1 atom stereocenters. The Bertz CT molecular complexity index is 966. The van der Waals surface area contributed by atoms with Crippen molar-refractivity contribution in [3.8, 4) is 0 Å². The maximum Gasteiger partial charge on any atom is 0.421 e. The van der Waals surface area contributed by atoms with Crippen LogP contribution in [0, 0.1) is 0 Å². The van der Waals surface area contributed by atoms with Crippen molar-refractivity contribution in [1.29, 1.82) is 0 Å². The first-order chi connectivity index (χ1) is 15.2. The number of alkyl halides is 3. The lowest BCUT2D eigenvalue weighted by atomic mass is 9.90. The van der Waals surface area contributed by atoms with Gasteiger partial charge in [-0.05, 0) is 49.5 Å². The van der Waals surface area contributed by atoms with E-state index in [1.807, 2.05) is 0 Å². The average Bonchev–Trinajstić information content (AvgIpc) is 3.60. The van der Waals surface area contributed by atoms with E-state index in [9.17, 15) is 21.6 Å². The Labute approximate surface area is 187 Å². The summed E-state index contributed by atoms with van der Waals surface area (Å²) in [5.41, 5.74) is -1.42. The normalized spacial score (nSPS) is 25.8. The van der Waals surface area contributed by atoms with Gasteiger partial charge in [-0.25, -0.2) is 8.42 Å². The molecule has 1 unspecified atom stereocenters. The minimum atomic E-state index is -4.46. The molecule has 1 aromatic carbocycles. The van der Waals surface area contributed by atoms with Crippen molar-refractivity contribution in [1.82, 2.24) is 9.21 Å². The zero-order valence-electron chi connectivity index (χ0n) is 18.1. The van der Waals surface area contributed by atoms with E-state index in [2.05, 4.69) is 4.90 Å². The fourth-order valence-corrected chi connectivity index (χ4v) is 6.53. The first-order valence-corrected chi connectivity index (χ1v) is 12.4. The highest BCUT2D eigenvalue weighted by Crippen LogP contribution is 2.40. The molecule has 176 valence electrons. The molecule has 0 aromatic heterocycles. The second-order valence-electron chi connectivity index (χ2n) is 8.79. The summed E-state index contributed by atoms with van der Waals surface area (Å²) in [6.07, 6.45) is 2.72. The van der Waals surface area contributed by atoms with Crippen LogP contribution in [0.25, 0.3) is 0 Å². The molecule has 0 amide bonds. The van der Waals surface area contributed by atoms with E-state index in [0.29, 0.717) is 37.4 Å². The standard InChI is InChI=1S/C23H29F3N2O3S/c1-31-22(23(24,25)26)13-9-18(10-14-22)17-27-15-11-20(12-16-27)28(19-7-8-19)32(29,30)21-5-3-2-4-6-21/h2-6,9-10,13,19-20H,7-8,11-12,14-17H2,1H3. The Morgan fingerprint density at radius 2 is 1.72 bits per heavy atom. The molecule has 1 aromatic rings. The van der Waals surface area contributed by atoms with Gasteiger partial charge >= 0.3 is 6.18 Å². The monoisotopic (exact) mass is 470 g/mol. The van der Waals surface area contributed by atoms with Crippen molar-refractivity contribution in [3.63, 3.8) is 0 Å². The van der Waals surface area contributed by atoms with Crippen molar-refractivity contribution in [2.75, 3.05) is 26.7 Å². The third kappa shape index (κ3) is 4.66. The summed E-state index contributed by atoms with van der Waals surface area (Å²) in [5.74, 6) is 0. The molecule has 32 heavy (non-hydrogen) atoms. The molecule has 2 aliphatic carbocycles. The SMILES string of the molecule is COC1(C(F)(F)F)C=CC(CN2CCC(N(C3CC3)S(=O)(=O)c3ccccc3)CC2)=CC1. The summed E-state index contributed by atoms with van der Waals surface area (Å²) in [6, 6.07) is 8.59. The van der Waals surface area contributed by atoms with Gasteiger partial charge in [-0.1, -0.05) is 30.4 Å². The summed E-state index contributed by atoms with van der Waals surface area (Å²) >= 11 is 0. The zero-order chi connectivity index (χ0) is 23.0.